The van der Waals surface area contributed by atoms with Gasteiger partial charge in [-0.2, -0.15) is 4.98 Å². The van der Waals surface area contributed by atoms with Crippen molar-refractivity contribution in [3.63, 3.8) is 0 Å². The van der Waals surface area contributed by atoms with Crippen LogP contribution in [0.5, 0.6) is 6.01 Å². The summed E-state index contributed by atoms with van der Waals surface area (Å²) in [6, 6.07) is 8.07. The van der Waals surface area contributed by atoms with Gasteiger partial charge in [-0.15, -0.1) is 6.42 Å². The Labute approximate surface area is 158 Å². The summed E-state index contributed by atoms with van der Waals surface area (Å²) >= 11 is 0. The molecule has 0 bridgehead atoms. The second kappa shape index (κ2) is 8.63. The molecular weight excluding hydrogens is 336 g/mol. The summed E-state index contributed by atoms with van der Waals surface area (Å²) in [6.45, 7) is 6.15. The minimum Gasteiger partial charge on any atom is -0.463 e. The van der Waals surface area contributed by atoms with Crippen LogP contribution in [0.2, 0.25) is 0 Å². The molecule has 0 aliphatic carbocycles. The van der Waals surface area contributed by atoms with Crippen molar-refractivity contribution in [2.24, 2.45) is 0 Å². The normalized spacial score (nSPS) is 11.6. The van der Waals surface area contributed by atoms with E-state index in [-0.39, 0.29) is 6.01 Å². The van der Waals surface area contributed by atoms with Crippen molar-refractivity contribution >= 4 is 11.0 Å². The number of allylic oxidation sites excluding steroid dienone is 4. The lowest BCUT2D eigenvalue weighted by Gasteiger charge is -2.09. The van der Waals surface area contributed by atoms with Gasteiger partial charge in [-0.3, -0.25) is 4.57 Å². The van der Waals surface area contributed by atoms with Gasteiger partial charge < -0.3 is 4.74 Å². The summed E-state index contributed by atoms with van der Waals surface area (Å²) in [5.41, 5.74) is 3.48. The molecule has 5 nitrogen and oxygen atoms in total. The molecule has 0 aliphatic heterocycles. The van der Waals surface area contributed by atoms with E-state index >= 15 is 0 Å². The Morgan fingerprint density at radius 3 is 2.96 bits per heavy atom. The molecule has 5 heteroatoms. The molecule has 0 radical (unpaired) electrons. The molecule has 27 heavy (non-hydrogen) atoms. The van der Waals surface area contributed by atoms with E-state index in [9.17, 15) is 0 Å². The highest BCUT2D eigenvalue weighted by Gasteiger charge is 2.12. The zero-order valence-corrected chi connectivity index (χ0v) is 15.2. The molecule has 0 amide bonds. The van der Waals surface area contributed by atoms with Gasteiger partial charge in [0.15, 0.2) is 5.82 Å². The Kier molecular flexibility index (Phi) is 5.80. The monoisotopic (exact) mass is 356 g/mol. The highest BCUT2D eigenvalue weighted by Crippen LogP contribution is 2.20. The van der Waals surface area contributed by atoms with Gasteiger partial charge in [0, 0.05) is 6.42 Å². The van der Waals surface area contributed by atoms with Gasteiger partial charge in [-0.1, -0.05) is 48.9 Å². The molecule has 0 aliphatic rings. The van der Waals surface area contributed by atoms with Gasteiger partial charge in [0.2, 0.25) is 0 Å². The number of terminal acetylenes is 1. The van der Waals surface area contributed by atoms with Crippen LogP contribution in [0.15, 0.2) is 73.2 Å². The molecule has 0 spiro atoms. The average Bonchev–Trinajstić information content (AvgIpc) is 3.12. The number of para-hydroxylation sites is 2. The van der Waals surface area contributed by atoms with E-state index in [0.29, 0.717) is 18.0 Å². The van der Waals surface area contributed by atoms with E-state index in [0.717, 1.165) is 23.0 Å². The average molecular weight is 356 g/mol. The first kappa shape index (κ1) is 18.2. The van der Waals surface area contributed by atoms with Crippen LogP contribution >= 0.6 is 0 Å². The fourth-order valence-corrected chi connectivity index (χ4v) is 2.69. The molecular formula is C22H20N4O. The highest BCUT2D eigenvalue weighted by molar-refractivity contribution is 5.77. The van der Waals surface area contributed by atoms with Crippen LogP contribution < -0.4 is 4.74 Å². The summed E-state index contributed by atoms with van der Waals surface area (Å²) in [6.07, 6.45) is 17.4. The molecule has 0 N–H and O–H groups in total. The predicted molar refractivity (Wildman–Crippen MR) is 108 cm³/mol. The van der Waals surface area contributed by atoms with E-state index in [2.05, 4.69) is 27.5 Å². The number of benzene rings is 1. The Hall–Kier alpha value is -3.65. The van der Waals surface area contributed by atoms with Crippen molar-refractivity contribution < 1.29 is 4.74 Å². The third-order valence-electron chi connectivity index (χ3n) is 3.92. The molecule has 134 valence electrons. The van der Waals surface area contributed by atoms with Gasteiger partial charge in [-0.25, -0.2) is 9.97 Å². The number of hydrogen-bond donors (Lipinski definition) is 0. The van der Waals surface area contributed by atoms with Gasteiger partial charge in [0.05, 0.1) is 29.4 Å². The van der Waals surface area contributed by atoms with E-state index in [4.69, 9.17) is 11.2 Å². The Bertz CT molecular complexity index is 1050. The molecule has 0 atom stereocenters. The molecule has 0 saturated heterocycles. The second-order valence-corrected chi connectivity index (χ2v) is 5.71. The fourth-order valence-electron chi connectivity index (χ4n) is 2.69. The lowest BCUT2D eigenvalue weighted by Crippen LogP contribution is -2.06. The number of aromatic nitrogens is 4. The first-order valence-corrected chi connectivity index (χ1v) is 8.60. The minimum absolute atomic E-state index is 0.278. The van der Waals surface area contributed by atoms with Crippen LogP contribution in [0.4, 0.5) is 0 Å². The van der Waals surface area contributed by atoms with Crippen molar-refractivity contribution in [2.45, 2.75) is 13.3 Å². The summed E-state index contributed by atoms with van der Waals surface area (Å²) in [5, 5.41) is 0. The fraction of sp³-hybridized carbons (Fsp3) is 0.136. The van der Waals surface area contributed by atoms with E-state index in [1.807, 2.05) is 54.0 Å². The van der Waals surface area contributed by atoms with Crippen LogP contribution in [0.1, 0.15) is 18.9 Å². The Balaban J connectivity index is 1.85. The van der Waals surface area contributed by atoms with Gasteiger partial charge in [-0.05, 0) is 24.6 Å². The quantitative estimate of drug-likeness (QED) is 0.469. The molecule has 3 rings (SSSR count). The minimum atomic E-state index is 0.278. The number of ether oxygens (including phenoxy) is 1. The van der Waals surface area contributed by atoms with Crippen LogP contribution in [0.25, 0.3) is 16.9 Å². The Morgan fingerprint density at radius 1 is 1.33 bits per heavy atom. The van der Waals surface area contributed by atoms with Crippen molar-refractivity contribution in [3.8, 4) is 24.2 Å². The maximum Gasteiger partial charge on any atom is 0.318 e. The standard InChI is InChI=1S/C22H20N4O/c1-4-9-17(10-5-2)13-14-27-22-23-15-18(6-3)21(25-22)26-16-24-19-11-7-8-12-20(19)26/h3-5,7-12,15-16H,1,13-14H2,2H3/b10-5-,17-9+. The Morgan fingerprint density at radius 2 is 2.19 bits per heavy atom. The number of hydrogen-bond acceptors (Lipinski definition) is 4. The lowest BCUT2D eigenvalue weighted by molar-refractivity contribution is 0.296. The number of fused-ring (bicyclic) bond motifs is 1. The van der Waals surface area contributed by atoms with Gasteiger partial charge in [0.1, 0.15) is 6.33 Å². The largest absolute Gasteiger partial charge is 0.463 e. The van der Waals surface area contributed by atoms with E-state index < -0.39 is 0 Å². The molecule has 2 aromatic heterocycles. The summed E-state index contributed by atoms with van der Waals surface area (Å²) in [5.74, 6) is 3.20. The molecule has 1 aromatic carbocycles. The third-order valence-corrected chi connectivity index (χ3v) is 3.92. The maximum absolute atomic E-state index is 5.75. The molecule has 0 saturated carbocycles. The van der Waals surface area contributed by atoms with E-state index in [1.165, 1.54) is 0 Å². The van der Waals surface area contributed by atoms with Gasteiger partial charge >= 0.3 is 6.01 Å². The van der Waals surface area contributed by atoms with Crippen LogP contribution in [-0.4, -0.2) is 26.1 Å². The number of rotatable bonds is 7. The molecule has 2 heterocycles. The van der Waals surface area contributed by atoms with Gasteiger partial charge in [0.25, 0.3) is 0 Å². The predicted octanol–water partition coefficient (Wildman–Crippen LogP) is 4.25. The molecule has 0 fully saturated rings. The highest BCUT2D eigenvalue weighted by atomic mass is 16.5. The summed E-state index contributed by atoms with van der Waals surface area (Å²) in [4.78, 5) is 13.1. The third kappa shape index (κ3) is 4.13. The van der Waals surface area contributed by atoms with Crippen LogP contribution in [0.3, 0.4) is 0 Å². The second-order valence-electron chi connectivity index (χ2n) is 5.71. The van der Waals surface area contributed by atoms with Crippen molar-refractivity contribution in [2.75, 3.05) is 6.61 Å². The number of imidazole rings is 1. The topological polar surface area (TPSA) is 52.8 Å². The first-order valence-electron chi connectivity index (χ1n) is 8.60. The molecule has 0 unspecified atom stereocenters. The van der Waals surface area contributed by atoms with Crippen molar-refractivity contribution in [1.29, 1.82) is 0 Å². The SMILES string of the molecule is C#Cc1cnc(OCCC(/C=C\C)=C/C=C)nc1-n1cnc2ccccc21. The number of nitrogens with zero attached hydrogens (tertiary/aromatic N) is 4. The zero-order valence-electron chi connectivity index (χ0n) is 15.2. The maximum atomic E-state index is 5.75. The first-order chi connectivity index (χ1) is 13.3. The summed E-state index contributed by atoms with van der Waals surface area (Å²) in [7, 11) is 0. The van der Waals surface area contributed by atoms with Crippen LogP contribution in [0, 0.1) is 12.3 Å². The van der Waals surface area contributed by atoms with E-state index in [1.54, 1.807) is 18.6 Å². The van der Waals surface area contributed by atoms with Crippen LogP contribution in [-0.2, 0) is 0 Å². The zero-order chi connectivity index (χ0) is 19.1. The smallest absolute Gasteiger partial charge is 0.318 e. The van der Waals surface area contributed by atoms with Crippen molar-refractivity contribution in [1.82, 2.24) is 19.5 Å². The molecule has 3 aromatic rings. The van der Waals surface area contributed by atoms with Crippen molar-refractivity contribution in [3.05, 3.63) is 78.8 Å². The lowest BCUT2D eigenvalue weighted by atomic mass is 10.1. The summed E-state index contributed by atoms with van der Waals surface area (Å²) < 4.78 is 7.59.